The van der Waals surface area contributed by atoms with Gasteiger partial charge in [-0.3, -0.25) is 0 Å². The minimum Gasteiger partial charge on any atom is -0.497 e. The van der Waals surface area contributed by atoms with Crippen LogP contribution in [0.5, 0.6) is 5.75 Å². The van der Waals surface area contributed by atoms with Crippen LogP contribution in [0.25, 0.3) is 0 Å². The molecule has 3 aromatic rings. The molecule has 0 bridgehead atoms. The van der Waals surface area contributed by atoms with Gasteiger partial charge in [-0.1, -0.05) is 76.6 Å². The van der Waals surface area contributed by atoms with Gasteiger partial charge in [0.1, 0.15) is 5.75 Å². The van der Waals surface area contributed by atoms with Crippen LogP contribution < -0.4 is 20.7 Å². The van der Waals surface area contributed by atoms with Crippen LogP contribution in [0, 0.1) is 0 Å². The van der Waals surface area contributed by atoms with Gasteiger partial charge >= 0.3 is 0 Å². The van der Waals surface area contributed by atoms with E-state index in [2.05, 4.69) is 88.7 Å². The van der Waals surface area contributed by atoms with Gasteiger partial charge in [-0.15, -0.1) is 0 Å². The summed E-state index contributed by atoms with van der Waals surface area (Å²) in [5.74, 6) is 0.896. The van der Waals surface area contributed by atoms with E-state index in [0.717, 1.165) is 10.2 Å². The molecule has 0 N–H and O–H groups in total. The highest BCUT2D eigenvalue weighted by Gasteiger charge is 2.18. The van der Waals surface area contributed by atoms with Gasteiger partial charge in [0.15, 0.2) is 0 Å². The Hall–Kier alpha value is -1.63. The number of hydrogen-bond acceptors (Lipinski definition) is 1. The first-order valence-corrected chi connectivity index (χ1v) is 9.17. The molecule has 3 rings (SSSR count). The molecule has 1 nitrogen and oxygen atoms in total. The van der Waals surface area contributed by atoms with E-state index >= 15 is 0 Å². The zero-order valence-corrected chi connectivity index (χ0v) is 14.7. The number of ether oxygens (including phenoxy) is 1. The van der Waals surface area contributed by atoms with E-state index < -0.39 is 7.92 Å². The Morgan fingerprint density at radius 2 is 1.45 bits per heavy atom. The number of benzene rings is 3. The van der Waals surface area contributed by atoms with Crippen molar-refractivity contribution >= 4 is 39.8 Å². The van der Waals surface area contributed by atoms with Gasteiger partial charge < -0.3 is 4.74 Å². The van der Waals surface area contributed by atoms with Crippen molar-refractivity contribution in [3.05, 3.63) is 83.3 Å². The van der Waals surface area contributed by atoms with E-state index in [-0.39, 0.29) is 0 Å². The van der Waals surface area contributed by atoms with Crippen molar-refractivity contribution in [2.24, 2.45) is 0 Å². The summed E-state index contributed by atoms with van der Waals surface area (Å²) >= 11 is 3.71. The first kappa shape index (κ1) is 15.3. The van der Waals surface area contributed by atoms with Gasteiger partial charge in [-0.25, -0.2) is 0 Å². The second-order valence-electron chi connectivity index (χ2n) is 4.82. The lowest BCUT2D eigenvalue weighted by Crippen LogP contribution is -2.21. The fourth-order valence-corrected chi connectivity index (χ4v) is 5.54. The van der Waals surface area contributed by atoms with Gasteiger partial charge in [0.25, 0.3) is 0 Å². The lowest BCUT2D eigenvalue weighted by molar-refractivity contribution is 0.415. The molecule has 0 aliphatic rings. The van der Waals surface area contributed by atoms with E-state index in [1.165, 1.54) is 15.9 Å². The molecular weight excluding hydrogens is 355 g/mol. The first-order valence-electron chi connectivity index (χ1n) is 7.03. The highest BCUT2D eigenvalue weighted by Crippen LogP contribution is 2.36. The molecule has 22 heavy (non-hydrogen) atoms. The van der Waals surface area contributed by atoms with Crippen LogP contribution >= 0.6 is 23.9 Å². The summed E-state index contributed by atoms with van der Waals surface area (Å²) in [6.07, 6.45) is 0. The molecule has 1 atom stereocenters. The molecule has 110 valence electrons. The highest BCUT2D eigenvalue weighted by atomic mass is 79.9. The molecule has 0 saturated heterocycles. The van der Waals surface area contributed by atoms with E-state index in [0.29, 0.717) is 0 Å². The smallest absolute Gasteiger partial charge is 0.119 e. The molecule has 3 heteroatoms. The molecule has 0 spiro atoms. The molecule has 0 aliphatic carbocycles. The van der Waals surface area contributed by atoms with Crippen LogP contribution in [0.4, 0.5) is 0 Å². The van der Waals surface area contributed by atoms with E-state index in [4.69, 9.17) is 4.74 Å². The molecule has 0 fully saturated rings. The molecule has 0 amide bonds. The minimum absolute atomic E-state index is 0.616. The lowest BCUT2D eigenvalue weighted by Gasteiger charge is -2.21. The predicted molar refractivity (Wildman–Crippen MR) is 99.4 cm³/mol. The van der Waals surface area contributed by atoms with Gasteiger partial charge in [0.05, 0.1) is 7.11 Å². The lowest BCUT2D eigenvalue weighted by atomic mass is 10.3. The summed E-state index contributed by atoms with van der Waals surface area (Å²) in [5, 5.41) is 3.93. The maximum absolute atomic E-state index is 5.41. The average Bonchev–Trinajstić information content (AvgIpc) is 2.58. The Labute approximate surface area is 140 Å². The predicted octanol–water partition coefficient (Wildman–Crippen LogP) is 4.22. The molecular formula is C19H16BrOP. The number of rotatable bonds is 4. The standard InChI is InChI=1S/C19H16BrOP/c1-21-15-8-7-11-17(14-15)22(16-9-3-2-4-10-16)19-13-6-5-12-18(19)20/h2-14H,1H3/t22-/m1/s1. The summed E-state index contributed by atoms with van der Waals surface area (Å²) in [5.41, 5.74) is 0. The molecule has 0 aliphatic heterocycles. The Balaban J connectivity index is 2.17. The summed E-state index contributed by atoms with van der Waals surface area (Å²) in [6, 6.07) is 27.5. The zero-order chi connectivity index (χ0) is 15.4. The van der Waals surface area contributed by atoms with Crippen molar-refractivity contribution in [1.82, 2.24) is 0 Å². The Morgan fingerprint density at radius 1 is 0.773 bits per heavy atom. The van der Waals surface area contributed by atoms with Gasteiger partial charge in [0.2, 0.25) is 0 Å². The summed E-state index contributed by atoms with van der Waals surface area (Å²) < 4.78 is 6.55. The van der Waals surface area contributed by atoms with Crippen molar-refractivity contribution in [2.45, 2.75) is 0 Å². The van der Waals surface area contributed by atoms with Crippen LogP contribution in [0.15, 0.2) is 83.3 Å². The van der Waals surface area contributed by atoms with Crippen LogP contribution in [0.1, 0.15) is 0 Å². The van der Waals surface area contributed by atoms with Crippen LogP contribution in [-0.2, 0) is 0 Å². The topological polar surface area (TPSA) is 9.23 Å². The fourth-order valence-electron chi connectivity index (χ4n) is 2.39. The second-order valence-corrected chi connectivity index (χ2v) is 7.86. The molecule has 3 aromatic carbocycles. The fraction of sp³-hybridized carbons (Fsp3) is 0.0526. The number of methoxy groups -OCH3 is 1. The second kappa shape index (κ2) is 7.09. The Bertz CT molecular complexity index is 758. The summed E-state index contributed by atoms with van der Waals surface area (Å²) in [4.78, 5) is 0. The minimum atomic E-state index is -0.616. The molecule has 0 heterocycles. The number of halogens is 1. The molecule has 0 radical (unpaired) electrons. The van der Waals surface area contributed by atoms with Crippen molar-refractivity contribution in [2.75, 3.05) is 7.11 Å². The van der Waals surface area contributed by atoms with Gasteiger partial charge in [-0.2, -0.15) is 0 Å². The normalized spacial score (nSPS) is 11.9. The third kappa shape index (κ3) is 3.24. The maximum Gasteiger partial charge on any atom is 0.119 e. The monoisotopic (exact) mass is 370 g/mol. The van der Waals surface area contributed by atoms with Crippen molar-refractivity contribution in [1.29, 1.82) is 0 Å². The molecule has 0 aromatic heterocycles. The Kier molecular flexibility index (Phi) is 4.92. The number of hydrogen-bond donors (Lipinski definition) is 0. The average molecular weight is 371 g/mol. The van der Waals surface area contributed by atoms with Crippen LogP contribution in [0.2, 0.25) is 0 Å². The molecule has 0 unspecified atom stereocenters. The van der Waals surface area contributed by atoms with Crippen molar-refractivity contribution in [3.63, 3.8) is 0 Å². The van der Waals surface area contributed by atoms with Crippen LogP contribution in [-0.4, -0.2) is 7.11 Å². The Morgan fingerprint density at radius 3 is 2.18 bits per heavy atom. The molecule has 0 saturated carbocycles. The third-order valence-electron chi connectivity index (χ3n) is 3.42. The van der Waals surface area contributed by atoms with Crippen molar-refractivity contribution in [3.8, 4) is 5.75 Å². The van der Waals surface area contributed by atoms with Crippen molar-refractivity contribution < 1.29 is 4.74 Å². The summed E-state index contributed by atoms with van der Waals surface area (Å²) in [7, 11) is 1.10. The SMILES string of the molecule is COc1cccc([P@@](c2ccccc2)c2ccccc2Br)c1. The van der Waals surface area contributed by atoms with Gasteiger partial charge in [0, 0.05) is 4.47 Å². The van der Waals surface area contributed by atoms with Gasteiger partial charge in [-0.05, 0) is 42.0 Å². The van der Waals surface area contributed by atoms with Crippen LogP contribution in [0.3, 0.4) is 0 Å². The van der Waals surface area contributed by atoms with E-state index in [9.17, 15) is 0 Å². The largest absolute Gasteiger partial charge is 0.497 e. The maximum atomic E-state index is 5.41. The third-order valence-corrected chi connectivity index (χ3v) is 6.90. The summed E-state index contributed by atoms with van der Waals surface area (Å²) in [6.45, 7) is 0. The first-order chi connectivity index (χ1) is 10.8. The highest BCUT2D eigenvalue weighted by molar-refractivity contribution is 9.10. The van der Waals surface area contributed by atoms with E-state index in [1.54, 1.807) is 7.11 Å². The van der Waals surface area contributed by atoms with E-state index in [1.807, 2.05) is 6.07 Å². The zero-order valence-electron chi connectivity index (χ0n) is 12.2. The quantitative estimate of drug-likeness (QED) is 0.625.